The molecule has 0 aromatic carbocycles. The Labute approximate surface area is 193 Å². The van der Waals surface area contributed by atoms with Crippen LogP contribution in [0.1, 0.15) is 28.6 Å². The number of pyridine rings is 1. The molecule has 30 heavy (non-hydrogen) atoms. The fourth-order valence-electron chi connectivity index (χ4n) is 4.09. The molecule has 2 aromatic rings. The Morgan fingerprint density at radius 2 is 1.97 bits per heavy atom. The Morgan fingerprint density at radius 1 is 1.17 bits per heavy atom. The predicted octanol–water partition coefficient (Wildman–Crippen LogP) is 2.86. The number of likely N-dealkylation sites (tertiary alicyclic amines) is 1. The van der Waals surface area contributed by atoms with Gasteiger partial charge in [0.25, 0.3) is 11.5 Å². The number of alkyl halides is 3. The summed E-state index contributed by atoms with van der Waals surface area (Å²) >= 11 is 23.8. The summed E-state index contributed by atoms with van der Waals surface area (Å²) in [5, 5.41) is 5.94. The third kappa shape index (κ3) is 4.46. The third-order valence-corrected chi connectivity index (χ3v) is 6.41. The van der Waals surface area contributed by atoms with Crippen molar-refractivity contribution in [1.29, 1.82) is 0 Å². The maximum Gasteiger partial charge on any atom is 0.288 e. The van der Waals surface area contributed by atoms with Gasteiger partial charge in [0.15, 0.2) is 10.9 Å². The van der Waals surface area contributed by atoms with Crippen molar-refractivity contribution in [3.63, 3.8) is 0 Å². The monoisotopic (exact) mass is 488 g/mol. The summed E-state index contributed by atoms with van der Waals surface area (Å²) in [5.74, 6) is 0.0158. The molecule has 7 nitrogen and oxygen atoms in total. The third-order valence-electron chi connectivity index (χ3n) is 5.38. The van der Waals surface area contributed by atoms with Crippen LogP contribution in [-0.4, -0.2) is 43.5 Å². The Hall–Kier alpha value is -1.74. The SMILES string of the molecule is O=C(NC(NC(=S)N1CC2C[C@@H](C1)c1cccc(=O)n1C2)C(Cl)(Cl)Cl)c1ccco1. The van der Waals surface area contributed by atoms with E-state index in [-0.39, 0.29) is 23.2 Å². The maximum atomic E-state index is 12.3. The number of carbonyl (C=O) groups excluding carboxylic acids is 1. The van der Waals surface area contributed by atoms with Crippen molar-refractivity contribution < 1.29 is 9.21 Å². The van der Waals surface area contributed by atoms with Gasteiger partial charge in [-0.15, -0.1) is 0 Å². The smallest absolute Gasteiger partial charge is 0.288 e. The first-order valence-electron chi connectivity index (χ1n) is 9.38. The van der Waals surface area contributed by atoms with Crippen LogP contribution in [-0.2, 0) is 6.54 Å². The first-order valence-corrected chi connectivity index (χ1v) is 10.9. The molecule has 1 saturated heterocycles. The number of nitrogens with zero attached hydrogens (tertiary/aromatic N) is 2. The Kier molecular flexibility index (Phi) is 6.03. The first-order chi connectivity index (χ1) is 14.2. The standard InChI is InChI=1S/C19H19Cl3N4O3S/c20-19(21,22)17(23-16(28)14-4-2-6-29-14)24-18(30)25-8-11-7-12(10-25)13-3-1-5-15(27)26(13)9-11/h1-6,11-12,17H,7-10H2,(H,23,28)(H,24,30)/t11?,12-,17?/m0/s1. The minimum absolute atomic E-state index is 0.0215. The minimum atomic E-state index is -1.85. The molecule has 2 unspecified atom stereocenters. The molecule has 0 aliphatic carbocycles. The Bertz CT molecular complexity index is 1010. The Balaban J connectivity index is 1.47. The van der Waals surface area contributed by atoms with E-state index in [1.807, 2.05) is 15.5 Å². The van der Waals surface area contributed by atoms with Gasteiger partial charge in [0.2, 0.25) is 3.79 Å². The highest BCUT2D eigenvalue weighted by molar-refractivity contribution is 7.80. The van der Waals surface area contributed by atoms with Crippen LogP contribution < -0.4 is 16.2 Å². The number of thiocarbonyl (C=S) groups is 1. The number of halogens is 3. The molecule has 11 heteroatoms. The van der Waals surface area contributed by atoms with Crippen molar-refractivity contribution in [1.82, 2.24) is 20.1 Å². The average molecular weight is 490 g/mol. The van der Waals surface area contributed by atoms with Gasteiger partial charge in [-0.1, -0.05) is 40.9 Å². The quantitative estimate of drug-likeness (QED) is 0.392. The van der Waals surface area contributed by atoms with E-state index in [9.17, 15) is 9.59 Å². The van der Waals surface area contributed by atoms with Gasteiger partial charge in [0.1, 0.15) is 6.17 Å². The lowest BCUT2D eigenvalue weighted by Gasteiger charge is -2.44. The van der Waals surface area contributed by atoms with Crippen molar-refractivity contribution in [2.75, 3.05) is 13.1 Å². The number of nitrogens with one attached hydrogen (secondary N) is 2. The van der Waals surface area contributed by atoms with Crippen molar-refractivity contribution in [2.45, 2.75) is 28.8 Å². The van der Waals surface area contributed by atoms with Gasteiger partial charge in [-0.3, -0.25) is 9.59 Å². The first kappa shape index (κ1) is 21.5. The van der Waals surface area contributed by atoms with E-state index in [2.05, 4.69) is 10.6 Å². The van der Waals surface area contributed by atoms with Crippen LogP contribution in [0.25, 0.3) is 0 Å². The number of rotatable bonds is 3. The van der Waals surface area contributed by atoms with Crippen molar-refractivity contribution >= 4 is 58.0 Å². The highest BCUT2D eigenvalue weighted by Gasteiger charge is 2.39. The zero-order valence-electron chi connectivity index (χ0n) is 15.7. The van der Waals surface area contributed by atoms with Gasteiger partial charge in [0, 0.05) is 37.3 Å². The van der Waals surface area contributed by atoms with Crippen LogP contribution in [0.2, 0.25) is 0 Å². The Morgan fingerprint density at radius 3 is 2.67 bits per heavy atom. The van der Waals surface area contributed by atoms with Crippen LogP contribution in [0.4, 0.5) is 0 Å². The summed E-state index contributed by atoms with van der Waals surface area (Å²) < 4.78 is 5.08. The van der Waals surface area contributed by atoms with E-state index in [1.54, 1.807) is 18.2 Å². The molecule has 2 aromatic heterocycles. The topological polar surface area (TPSA) is 79.5 Å². The zero-order valence-corrected chi connectivity index (χ0v) is 18.8. The summed E-state index contributed by atoms with van der Waals surface area (Å²) in [6.45, 7) is 1.94. The van der Waals surface area contributed by atoms with Gasteiger partial charge in [-0.25, -0.2) is 0 Å². The van der Waals surface area contributed by atoms with E-state index in [0.29, 0.717) is 24.7 Å². The summed E-state index contributed by atoms with van der Waals surface area (Å²) in [6, 6.07) is 8.45. The lowest BCUT2D eigenvalue weighted by Crippen LogP contribution is -2.60. The van der Waals surface area contributed by atoms with E-state index in [0.717, 1.165) is 12.1 Å². The van der Waals surface area contributed by atoms with Crippen molar-refractivity contribution in [2.24, 2.45) is 5.92 Å². The van der Waals surface area contributed by atoms with Gasteiger partial charge in [-0.2, -0.15) is 0 Å². The molecule has 2 aliphatic heterocycles. The highest BCUT2D eigenvalue weighted by Crippen LogP contribution is 2.35. The minimum Gasteiger partial charge on any atom is -0.459 e. The van der Waals surface area contributed by atoms with Crippen LogP contribution in [0.15, 0.2) is 45.8 Å². The summed E-state index contributed by atoms with van der Waals surface area (Å²) in [5.41, 5.74) is 1.03. The number of furan rings is 1. The lowest BCUT2D eigenvalue weighted by atomic mass is 9.83. The molecule has 1 fully saturated rings. The number of carbonyl (C=O) groups is 1. The summed E-state index contributed by atoms with van der Waals surface area (Å²) in [7, 11) is 0. The molecule has 2 bridgehead atoms. The molecule has 3 atom stereocenters. The van der Waals surface area contributed by atoms with E-state index >= 15 is 0 Å². The van der Waals surface area contributed by atoms with E-state index in [4.69, 9.17) is 51.4 Å². The molecule has 160 valence electrons. The molecule has 0 saturated carbocycles. The average Bonchev–Trinajstić information content (AvgIpc) is 3.22. The number of amides is 1. The normalized spacial score (nSPS) is 21.5. The second kappa shape index (κ2) is 8.42. The van der Waals surface area contributed by atoms with Gasteiger partial charge >= 0.3 is 0 Å². The number of fused-ring (bicyclic) bond motifs is 4. The van der Waals surface area contributed by atoms with E-state index in [1.165, 1.54) is 12.3 Å². The summed E-state index contributed by atoms with van der Waals surface area (Å²) in [4.78, 5) is 26.5. The molecule has 2 aliphatic rings. The highest BCUT2D eigenvalue weighted by atomic mass is 35.6. The van der Waals surface area contributed by atoms with Crippen LogP contribution in [0.3, 0.4) is 0 Å². The molecule has 4 rings (SSSR count). The van der Waals surface area contributed by atoms with E-state index < -0.39 is 15.9 Å². The van der Waals surface area contributed by atoms with Crippen LogP contribution in [0, 0.1) is 5.92 Å². The maximum absolute atomic E-state index is 12.3. The summed E-state index contributed by atoms with van der Waals surface area (Å²) in [6.07, 6.45) is 1.31. The number of hydrogen-bond donors (Lipinski definition) is 2. The fourth-order valence-corrected chi connectivity index (χ4v) is 4.68. The number of hydrogen-bond acceptors (Lipinski definition) is 4. The lowest BCUT2D eigenvalue weighted by molar-refractivity contribution is 0.0904. The molecular formula is C19H19Cl3N4O3S. The molecule has 4 heterocycles. The van der Waals surface area contributed by atoms with Crippen LogP contribution in [0.5, 0.6) is 0 Å². The predicted molar refractivity (Wildman–Crippen MR) is 119 cm³/mol. The molecule has 1 amide bonds. The second-order valence-electron chi connectivity index (χ2n) is 7.48. The number of piperidine rings is 1. The van der Waals surface area contributed by atoms with Crippen molar-refractivity contribution in [3.05, 3.63) is 58.4 Å². The molecule has 0 radical (unpaired) electrons. The van der Waals surface area contributed by atoms with Crippen LogP contribution >= 0.6 is 47.0 Å². The second-order valence-corrected chi connectivity index (χ2v) is 10.2. The molecular weight excluding hydrogens is 471 g/mol. The largest absolute Gasteiger partial charge is 0.459 e. The molecule has 0 spiro atoms. The van der Waals surface area contributed by atoms with Gasteiger partial charge < -0.3 is 24.5 Å². The van der Waals surface area contributed by atoms with Gasteiger partial charge in [0.05, 0.1) is 6.26 Å². The number of aromatic nitrogens is 1. The van der Waals surface area contributed by atoms with Gasteiger partial charge in [-0.05, 0) is 42.8 Å². The fraction of sp³-hybridized carbons (Fsp3) is 0.421. The zero-order chi connectivity index (χ0) is 21.5. The molecule has 2 N–H and O–H groups in total. The van der Waals surface area contributed by atoms with Crippen molar-refractivity contribution in [3.8, 4) is 0 Å².